The number of hydrogen-bond donors (Lipinski definition) is 1. The second kappa shape index (κ2) is 5.69. The van der Waals surface area contributed by atoms with E-state index in [4.69, 9.17) is 23.2 Å². The first-order chi connectivity index (χ1) is 8.58. The number of nitrogens with one attached hydrogen (secondary N) is 1. The van der Waals surface area contributed by atoms with Crippen molar-refractivity contribution in [1.29, 1.82) is 0 Å². The number of aromatic nitrogens is 1. The van der Waals surface area contributed by atoms with Gasteiger partial charge in [-0.15, -0.1) is 0 Å². The van der Waals surface area contributed by atoms with Crippen LogP contribution in [0.4, 0.5) is 5.69 Å². The van der Waals surface area contributed by atoms with Crippen LogP contribution in [0.1, 0.15) is 10.4 Å². The zero-order valence-corrected chi connectivity index (χ0v) is 12.1. The maximum Gasteiger partial charge on any atom is 0.257 e. The Labute approximate surface area is 122 Å². The first-order valence-corrected chi connectivity index (χ1v) is 6.49. The molecule has 1 amide bonds. The molecule has 0 atom stereocenters. The predicted octanol–water partition coefficient (Wildman–Crippen LogP) is 4.40. The third-order valence-electron chi connectivity index (χ3n) is 2.19. The topological polar surface area (TPSA) is 42.0 Å². The molecule has 0 radical (unpaired) electrons. The fraction of sp³-hybridized carbons (Fsp3) is 0. The second-order valence-electron chi connectivity index (χ2n) is 3.44. The van der Waals surface area contributed by atoms with E-state index in [-0.39, 0.29) is 5.91 Å². The molecule has 1 aromatic carbocycles. The molecule has 0 saturated heterocycles. The van der Waals surface area contributed by atoms with Gasteiger partial charge in [-0.05, 0) is 40.2 Å². The van der Waals surface area contributed by atoms with Crippen LogP contribution in [0.3, 0.4) is 0 Å². The minimum absolute atomic E-state index is 0.295. The average molecular weight is 346 g/mol. The highest BCUT2D eigenvalue weighted by molar-refractivity contribution is 9.10. The molecule has 0 aliphatic carbocycles. The fourth-order valence-corrected chi connectivity index (χ4v) is 2.03. The number of carbonyl (C=O) groups is 1. The SMILES string of the molecule is O=C(Nc1ccc(Cl)c(Br)c1)c1ccncc1Cl. The molecular formula is C12H7BrCl2N2O. The van der Waals surface area contributed by atoms with Crippen molar-refractivity contribution in [2.45, 2.75) is 0 Å². The van der Waals surface area contributed by atoms with Crippen molar-refractivity contribution in [2.75, 3.05) is 5.32 Å². The van der Waals surface area contributed by atoms with E-state index in [1.54, 1.807) is 24.3 Å². The number of hydrogen-bond acceptors (Lipinski definition) is 2. The van der Waals surface area contributed by atoms with Crippen LogP contribution in [0.5, 0.6) is 0 Å². The van der Waals surface area contributed by atoms with E-state index in [2.05, 4.69) is 26.2 Å². The quantitative estimate of drug-likeness (QED) is 0.876. The van der Waals surface area contributed by atoms with Gasteiger partial charge in [0.15, 0.2) is 0 Å². The average Bonchev–Trinajstić information content (AvgIpc) is 2.34. The molecule has 0 saturated carbocycles. The molecule has 1 heterocycles. The number of pyridine rings is 1. The van der Waals surface area contributed by atoms with Crippen LogP contribution in [0.2, 0.25) is 10.0 Å². The van der Waals surface area contributed by atoms with Gasteiger partial charge in [0.1, 0.15) is 0 Å². The van der Waals surface area contributed by atoms with E-state index >= 15 is 0 Å². The lowest BCUT2D eigenvalue weighted by Gasteiger charge is -2.07. The molecule has 92 valence electrons. The van der Waals surface area contributed by atoms with E-state index in [1.165, 1.54) is 12.4 Å². The number of anilines is 1. The van der Waals surface area contributed by atoms with Crippen molar-refractivity contribution in [3.8, 4) is 0 Å². The third-order valence-corrected chi connectivity index (χ3v) is 3.71. The number of nitrogens with zero attached hydrogens (tertiary/aromatic N) is 1. The molecule has 2 aromatic rings. The zero-order valence-electron chi connectivity index (χ0n) is 8.95. The Morgan fingerprint density at radius 1 is 1.22 bits per heavy atom. The van der Waals surface area contributed by atoms with Gasteiger partial charge >= 0.3 is 0 Å². The molecule has 1 N–H and O–H groups in total. The molecule has 0 fully saturated rings. The zero-order chi connectivity index (χ0) is 13.1. The lowest BCUT2D eigenvalue weighted by atomic mass is 10.2. The Balaban J connectivity index is 2.22. The van der Waals surface area contributed by atoms with E-state index in [0.29, 0.717) is 25.8 Å². The second-order valence-corrected chi connectivity index (χ2v) is 5.11. The van der Waals surface area contributed by atoms with E-state index < -0.39 is 0 Å². The van der Waals surface area contributed by atoms with Crippen molar-refractivity contribution in [1.82, 2.24) is 4.98 Å². The highest BCUT2D eigenvalue weighted by Gasteiger charge is 2.10. The van der Waals surface area contributed by atoms with Crippen molar-refractivity contribution in [3.63, 3.8) is 0 Å². The number of carbonyl (C=O) groups excluding carboxylic acids is 1. The van der Waals surface area contributed by atoms with Gasteiger partial charge in [-0.3, -0.25) is 9.78 Å². The van der Waals surface area contributed by atoms with Gasteiger partial charge < -0.3 is 5.32 Å². The maximum absolute atomic E-state index is 12.0. The summed E-state index contributed by atoms with van der Waals surface area (Å²) in [4.78, 5) is 15.8. The normalized spacial score (nSPS) is 10.2. The lowest BCUT2D eigenvalue weighted by molar-refractivity contribution is 0.102. The van der Waals surface area contributed by atoms with Crippen LogP contribution in [0.25, 0.3) is 0 Å². The summed E-state index contributed by atoms with van der Waals surface area (Å²) in [6.07, 6.45) is 2.94. The summed E-state index contributed by atoms with van der Waals surface area (Å²) >= 11 is 15.0. The smallest absolute Gasteiger partial charge is 0.257 e. The van der Waals surface area contributed by atoms with Gasteiger partial charge in [0.05, 0.1) is 15.6 Å². The largest absolute Gasteiger partial charge is 0.322 e. The summed E-state index contributed by atoms with van der Waals surface area (Å²) in [6.45, 7) is 0. The fourth-order valence-electron chi connectivity index (χ4n) is 1.33. The highest BCUT2D eigenvalue weighted by Crippen LogP contribution is 2.26. The summed E-state index contributed by atoms with van der Waals surface area (Å²) < 4.78 is 0.711. The van der Waals surface area contributed by atoms with Gasteiger partial charge in [-0.25, -0.2) is 0 Å². The third kappa shape index (κ3) is 3.02. The Kier molecular flexibility index (Phi) is 4.22. The number of benzene rings is 1. The molecule has 0 unspecified atom stereocenters. The van der Waals surface area contributed by atoms with Gasteiger partial charge in [-0.1, -0.05) is 23.2 Å². The number of halogens is 3. The van der Waals surface area contributed by atoms with Crippen LogP contribution in [0, 0.1) is 0 Å². The summed E-state index contributed by atoms with van der Waals surface area (Å²) in [6, 6.07) is 6.67. The van der Waals surface area contributed by atoms with Crippen molar-refractivity contribution in [3.05, 3.63) is 56.7 Å². The van der Waals surface area contributed by atoms with Crippen LogP contribution in [0.15, 0.2) is 41.1 Å². The maximum atomic E-state index is 12.0. The molecule has 2 rings (SSSR count). The Bertz CT molecular complexity index is 604. The van der Waals surface area contributed by atoms with E-state index in [1.807, 2.05) is 0 Å². The summed E-state index contributed by atoms with van der Waals surface area (Å²) in [5.41, 5.74) is 1.00. The summed E-state index contributed by atoms with van der Waals surface area (Å²) in [7, 11) is 0. The van der Waals surface area contributed by atoms with Crippen molar-refractivity contribution < 1.29 is 4.79 Å². The Morgan fingerprint density at radius 2 is 2.00 bits per heavy atom. The molecular weight excluding hydrogens is 339 g/mol. The first-order valence-electron chi connectivity index (χ1n) is 4.94. The molecule has 18 heavy (non-hydrogen) atoms. The molecule has 1 aromatic heterocycles. The van der Waals surface area contributed by atoms with Crippen molar-refractivity contribution in [2.24, 2.45) is 0 Å². The van der Waals surface area contributed by atoms with Gasteiger partial charge in [0.2, 0.25) is 0 Å². The molecule has 0 spiro atoms. The molecule has 0 aliphatic heterocycles. The van der Waals surface area contributed by atoms with Gasteiger partial charge in [0, 0.05) is 22.6 Å². The molecule has 3 nitrogen and oxygen atoms in total. The van der Waals surface area contributed by atoms with Crippen LogP contribution >= 0.6 is 39.1 Å². The van der Waals surface area contributed by atoms with Crippen LogP contribution in [-0.4, -0.2) is 10.9 Å². The highest BCUT2D eigenvalue weighted by atomic mass is 79.9. The standard InChI is InChI=1S/C12H7BrCl2N2O/c13-9-5-7(1-2-10(9)14)17-12(18)8-3-4-16-6-11(8)15/h1-6H,(H,17,18). The summed E-state index contributed by atoms with van der Waals surface area (Å²) in [5, 5.41) is 3.61. The molecule has 0 aliphatic rings. The lowest BCUT2D eigenvalue weighted by Crippen LogP contribution is -2.12. The monoisotopic (exact) mass is 344 g/mol. The Hall–Kier alpha value is -1.10. The van der Waals surface area contributed by atoms with E-state index in [0.717, 1.165) is 0 Å². The van der Waals surface area contributed by atoms with Gasteiger partial charge in [0.25, 0.3) is 5.91 Å². The predicted molar refractivity (Wildman–Crippen MR) is 76.4 cm³/mol. The minimum Gasteiger partial charge on any atom is -0.322 e. The summed E-state index contributed by atoms with van der Waals surface area (Å²) in [5.74, 6) is -0.295. The molecule has 0 bridgehead atoms. The van der Waals surface area contributed by atoms with Crippen LogP contribution < -0.4 is 5.32 Å². The molecule has 6 heteroatoms. The number of rotatable bonds is 2. The van der Waals surface area contributed by atoms with E-state index in [9.17, 15) is 4.79 Å². The number of amides is 1. The first kappa shape index (κ1) is 13.3. The van der Waals surface area contributed by atoms with Crippen molar-refractivity contribution >= 4 is 50.7 Å². The minimum atomic E-state index is -0.295. The van der Waals surface area contributed by atoms with Crippen LogP contribution in [-0.2, 0) is 0 Å². The Morgan fingerprint density at radius 3 is 2.67 bits per heavy atom. The van der Waals surface area contributed by atoms with Gasteiger partial charge in [-0.2, -0.15) is 0 Å².